The van der Waals surface area contributed by atoms with E-state index in [0.29, 0.717) is 37.0 Å². The summed E-state index contributed by atoms with van der Waals surface area (Å²) in [4.78, 5) is 0. The summed E-state index contributed by atoms with van der Waals surface area (Å²) in [5.41, 5.74) is 0. The van der Waals surface area contributed by atoms with Gasteiger partial charge in [-0.3, -0.25) is 0 Å². The van der Waals surface area contributed by atoms with Gasteiger partial charge in [0.15, 0.2) is 0 Å². The summed E-state index contributed by atoms with van der Waals surface area (Å²) in [5, 5.41) is 11.0. The first kappa shape index (κ1) is 58.6. The first-order valence-electron chi connectivity index (χ1n) is 26.4. The van der Waals surface area contributed by atoms with Gasteiger partial charge in [0.2, 0.25) is 0 Å². The second-order valence-electron chi connectivity index (χ2n) is 19.2. The minimum atomic E-state index is -3.29. The summed E-state index contributed by atoms with van der Waals surface area (Å²) in [7, 11) is -9.70. The van der Waals surface area contributed by atoms with Gasteiger partial charge in [-0.05, 0) is 45.4 Å². The van der Waals surface area contributed by atoms with E-state index in [-0.39, 0.29) is 0 Å². The number of unbranched alkanes of at least 4 members (excludes halogenated alkanes) is 30. The van der Waals surface area contributed by atoms with Crippen molar-refractivity contribution in [2.24, 2.45) is 0 Å². The molecule has 4 nitrogen and oxygen atoms in total. The predicted molar refractivity (Wildman–Crippen MR) is 267 cm³/mol. The minimum absolute atomic E-state index is 0.514. The van der Waals surface area contributed by atoms with Crippen LogP contribution >= 0.6 is 21.4 Å². The molecule has 0 aliphatic carbocycles. The number of rotatable bonds is 46. The molecule has 1 unspecified atom stereocenters. The van der Waals surface area contributed by atoms with Crippen LogP contribution in [0.1, 0.15) is 280 Å². The Kier molecular flexibility index (Phi) is 38.6. The molecule has 0 aliphatic rings. The topological polar surface area (TPSA) is 71.4 Å². The Morgan fingerprint density at radius 2 is 0.483 bits per heavy atom. The van der Waals surface area contributed by atoms with E-state index >= 15 is 13.7 Å². The van der Waals surface area contributed by atoms with Gasteiger partial charge in [-0.25, -0.2) is 0 Å². The smallest absolute Gasteiger partial charge is 0.131 e. The zero-order valence-corrected chi connectivity index (χ0v) is 43.5. The fourth-order valence-electron chi connectivity index (χ4n) is 9.70. The number of hydrogen-bond acceptors (Lipinski definition) is 4. The van der Waals surface area contributed by atoms with Crippen molar-refractivity contribution in [3.05, 3.63) is 0 Å². The second kappa shape index (κ2) is 38.1. The number of hydrogen-bond donors (Lipinski definition) is 1. The monoisotopic (exact) mass is 877 g/mol. The van der Waals surface area contributed by atoms with Gasteiger partial charge in [-0.15, -0.1) is 0 Å². The molecule has 0 saturated heterocycles. The van der Waals surface area contributed by atoms with Crippen molar-refractivity contribution in [2.75, 3.05) is 37.0 Å². The van der Waals surface area contributed by atoms with E-state index in [1.54, 1.807) is 0 Å². The van der Waals surface area contributed by atoms with Crippen LogP contribution in [0, 0.1) is 0 Å². The van der Waals surface area contributed by atoms with Gasteiger partial charge < -0.3 is 18.8 Å². The molecule has 0 radical (unpaired) electrons. The van der Waals surface area contributed by atoms with E-state index in [4.69, 9.17) is 0 Å². The normalized spacial score (nSPS) is 13.8. The molecule has 350 valence electrons. The largest absolute Gasteiger partial charge is 0.381 e. The van der Waals surface area contributed by atoms with Crippen LogP contribution in [0.15, 0.2) is 0 Å². The predicted octanol–water partition coefficient (Wildman–Crippen LogP) is 19.3. The van der Waals surface area contributed by atoms with E-state index in [0.717, 1.165) is 116 Å². The Morgan fingerprint density at radius 1 is 0.310 bits per heavy atom. The summed E-state index contributed by atoms with van der Waals surface area (Å²) in [5.74, 6) is 0. The summed E-state index contributed by atoms with van der Waals surface area (Å²) in [6.45, 7) is 15.3. The lowest BCUT2D eigenvalue weighted by Gasteiger charge is -2.47. The first-order chi connectivity index (χ1) is 28.0. The van der Waals surface area contributed by atoms with Crippen molar-refractivity contribution in [2.45, 2.75) is 290 Å². The molecule has 0 aromatic rings. The Balaban J connectivity index is 7.27. The molecule has 1 atom stereocenters. The molecule has 0 rings (SSSR count). The highest BCUT2D eigenvalue weighted by Crippen LogP contribution is 2.78. The molecular weight excluding hydrogens is 769 g/mol. The molecule has 0 bridgehead atoms. The summed E-state index contributed by atoms with van der Waals surface area (Å²) < 4.78 is 48.9. The SMILES string of the molecule is CCCCCCCCP(=O)(CCCCCCCC)C(C(C)(O)P(=O)(CCCCCCCC)CCCCCCCC)P(=O)(CCCCCCCC)CCCCCCCC. The molecule has 0 aromatic carbocycles. The van der Waals surface area contributed by atoms with Crippen LogP contribution in [0.4, 0.5) is 0 Å². The fraction of sp³-hybridized carbons (Fsp3) is 1.00. The first-order valence-corrected chi connectivity index (χ1v) is 32.8. The van der Waals surface area contributed by atoms with Gasteiger partial charge in [0.1, 0.15) is 32.2 Å². The summed E-state index contributed by atoms with van der Waals surface area (Å²) in [6, 6.07) is 0. The molecule has 0 spiro atoms. The Morgan fingerprint density at radius 3 is 0.690 bits per heavy atom. The van der Waals surface area contributed by atoms with Crippen LogP contribution < -0.4 is 0 Å². The molecule has 0 aliphatic heterocycles. The average Bonchev–Trinajstić information content (AvgIpc) is 3.19. The lowest BCUT2D eigenvalue weighted by molar-refractivity contribution is 0.152. The molecular formula is C51H107O4P3. The van der Waals surface area contributed by atoms with Crippen LogP contribution in [0.5, 0.6) is 0 Å². The van der Waals surface area contributed by atoms with Gasteiger partial charge in [0, 0.05) is 37.0 Å². The molecule has 0 aromatic heterocycles. The molecule has 0 amide bonds. The van der Waals surface area contributed by atoms with Crippen molar-refractivity contribution in [3.8, 4) is 0 Å². The van der Waals surface area contributed by atoms with Crippen LogP contribution in [0.25, 0.3) is 0 Å². The highest BCUT2D eigenvalue weighted by Gasteiger charge is 2.60. The molecule has 0 fully saturated rings. The Bertz CT molecular complexity index is 933. The molecule has 1 N–H and O–H groups in total. The van der Waals surface area contributed by atoms with Crippen molar-refractivity contribution in [1.29, 1.82) is 0 Å². The summed E-state index contributed by atoms with van der Waals surface area (Å²) in [6.07, 6.45) is 43.4. The highest BCUT2D eigenvalue weighted by molar-refractivity contribution is 7.83. The van der Waals surface area contributed by atoms with Gasteiger partial charge >= 0.3 is 0 Å². The van der Waals surface area contributed by atoms with E-state index in [1.807, 2.05) is 6.92 Å². The third-order valence-electron chi connectivity index (χ3n) is 13.5. The maximum absolute atomic E-state index is 16.4. The van der Waals surface area contributed by atoms with Crippen LogP contribution in [-0.2, 0) is 13.7 Å². The van der Waals surface area contributed by atoms with Crippen molar-refractivity contribution < 1.29 is 18.8 Å². The molecule has 0 heterocycles. The maximum Gasteiger partial charge on any atom is 0.131 e. The van der Waals surface area contributed by atoms with Gasteiger partial charge in [0.05, 0.1) is 0 Å². The highest BCUT2D eigenvalue weighted by atomic mass is 31.2. The van der Waals surface area contributed by atoms with Crippen molar-refractivity contribution in [3.63, 3.8) is 0 Å². The van der Waals surface area contributed by atoms with Gasteiger partial charge in [-0.1, -0.05) is 234 Å². The van der Waals surface area contributed by atoms with Gasteiger partial charge in [-0.2, -0.15) is 0 Å². The second-order valence-corrected chi connectivity index (χ2v) is 29.8. The molecule has 7 heteroatoms. The quantitative estimate of drug-likeness (QED) is 0.0488. The van der Waals surface area contributed by atoms with E-state index in [9.17, 15) is 5.11 Å². The Labute approximate surface area is 366 Å². The van der Waals surface area contributed by atoms with Crippen molar-refractivity contribution >= 4 is 21.4 Å². The fourth-order valence-corrected chi connectivity index (χ4v) is 25.9. The van der Waals surface area contributed by atoms with E-state index in [2.05, 4.69) is 41.5 Å². The standard InChI is InChI=1S/C51H107O4P3/c1-8-14-20-26-32-38-44-56(53,45-39-33-27-21-15-9-2)50(57(54,46-40-34-28-22-16-10-3)47-41-35-29-23-17-11-4)51(7,52)58(55,48-42-36-30-24-18-12-5)49-43-37-31-25-19-13-6/h50,52H,8-49H2,1-7H3. The van der Waals surface area contributed by atoms with Gasteiger partial charge in [0.25, 0.3) is 0 Å². The van der Waals surface area contributed by atoms with Crippen LogP contribution in [0.3, 0.4) is 0 Å². The number of aliphatic hydroxyl groups is 1. The molecule has 58 heavy (non-hydrogen) atoms. The third-order valence-corrected chi connectivity index (χ3v) is 27.5. The molecule has 0 saturated carbocycles. The lowest BCUT2D eigenvalue weighted by atomic mass is 10.1. The zero-order chi connectivity index (χ0) is 43.3. The van der Waals surface area contributed by atoms with Crippen molar-refractivity contribution in [1.82, 2.24) is 0 Å². The zero-order valence-electron chi connectivity index (χ0n) is 40.8. The van der Waals surface area contributed by atoms with Crippen LogP contribution in [0.2, 0.25) is 0 Å². The van der Waals surface area contributed by atoms with Crippen LogP contribution in [-0.4, -0.2) is 52.8 Å². The van der Waals surface area contributed by atoms with E-state index in [1.165, 1.54) is 116 Å². The summed E-state index contributed by atoms with van der Waals surface area (Å²) >= 11 is 0. The Hall–Kier alpha value is 0.650. The third kappa shape index (κ3) is 26.3. The lowest BCUT2D eigenvalue weighted by Crippen LogP contribution is -2.43. The minimum Gasteiger partial charge on any atom is -0.381 e. The van der Waals surface area contributed by atoms with E-state index < -0.39 is 32.2 Å². The average molecular weight is 877 g/mol. The maximum atomic E-state index is 16.4.